The summed E-state index contributed by atoms with van der Waals surface area (Å²) in [5.41, 5.74) is 6.54. The molecule has 1 atom stereocenters. The number of aryl methyl sites for hydroxylation is 2. The molecule has 1 unspecified atom stereocenters. The summed E-state index contributed by atoms with van der Waals surface area (Å²) < 4.78 is 32.7. The molecule has 1 aliphatic rings. The second-order valence-electron chi connectivity index (χ2n) is 11.6. The Kier molecular flexibility index (Phi) is 6.23. The van der Waals surface area contributed by atoms with E-state index in [9.17, 15) is 23.9 Å². The number of aromatic nitrogens is 3. The number of aliphatic hydroxyl groups is 1. The van der Waals surface area contributed by atoms with Crippen molar-refractivity contribution in [3.05, 3.63) is 97.3 Å². The van der Waals surface area contributed by atoms with E-state index >= 15 is 4.39 Å². The predicted octanol–water partition coefficient (Wildman–Crippen LogP) is 4.40. The fourth-order valence-corrected chi connectivity index (χ4v) is 6.47. The Balaban J connectivity index is 1.65. The van der Waals surface area contributed by atoms with Gasteiger partial charge in [-0.15, -0.1) is 0 Å². The molecule has 4 N–H and O–H groups in total. The van der Waals surface area contributed by atoms with Crippen LogP contribution in [0.4, 0.5) is 8.78 Å². The third-order valence-electron chi connectivity index (χ3n) is 8.73. The Bertz CT molecular complexity index is 2080. The van der Waals surface area contributed by atoms with Crippen molar-refractivity contribution in [3.8, 4) is 16.8 Å². The van der Waals surface area contributed by atoms with Crippen LogP contribution in [0.5, 0.6) is 0 Å². The molecule has 0 radical (unpaired) electrons. The molecule has 0 spiro atoms. The zero-order chi connectivity index (χ0) is 30.2. The van der Waals surface area contributed by atoms with Gasteiger partial charge in [0.15, 0.2) is 0 Å². The standard InChI is InChI=1S/C32H30F2N4O4/c1-15-17(7-6-10-24(15)38-30(40)19-8-5-9-21(33)28(19)37(4)31(38)41)25-22(34)14-20(29(35)39)27-26(25)18-12-11-16(32(2,3)42)13-23(18)36-27/h5-10,14,16,36,42H,11-13H2,1-4H3,(H2,35,39). The van der Waals surface area contributed by atoms with Crippen molar-refractivity contribution in [1.82, 2.24) is 14.1 Å². The van der Waals surface area contributed by atoms with Crippen molar-refractivity contribution in [2.45, 2.75) is 45.6 Å². The molecule has 10 heteroatoms. The summed E-state index contributed by atoms with van der Waals surface area (Å²) in [6.45, 7) is 5.20. The Hall–Kier alpha value is -4.57. The molecule has 0 saturated heterocycles. The molecular formula is C32H30F2N4O4. The van der Waals surface area contributed by atoms with Gasteiger partial charge in [0.1, 0.15) is 11.6 Å². The number of benzene rings is 3. The number of nitrogens with zero attached hydrogens (tertiary/aromatic N) is 2. The number of halogens is 2. The molecule has 5 aromatic rings. The van der Waals surface area contributed by atoms with Gasteiger partial charge < -0.3 is 15.8 Å². The van der Waals surface area contributed by atoms with E-state index in [-0.39, 0.29) is 33.6 Å². The third kappa shape index (κ3) is 4.00. The zero-order valence-electron chi connectivity index (χ0n) is 23.6. The number of amides is 1. The summed E-state index contributed by atoms with van der Waals surface area (Å²) in [5, 5.41) is 11.2. The highest BCUT2D eigenvalue weighted by Crippen LogP contribution is 2.43. The average molecular weight is 573 g/mol. The Morgan fingerprint density at radius 2 is 1.83 bits per heavy atom. The zero-order valence-corrected chi connectivity index (χ0v) is 23.6. The first-order chi connectivity index (χ1) is 19.8. The fourth-order valence-electron chi connectivity index (χ4n) is 6.47. The second-order valence-corrected chi connectivity index (χ2v) is 11.6. The number of fused-ring (bicyclic) bond motifs is 4. The first-order valence-corrected chi connectivity index (χ1v) is 13.7. The van der Waals surface area contributed by atoms with E-state index in [4.69, 9.17) is 5.73 Å². The molecule has 2 heterocycles. The number of hydrogen-bond donors (Lipinski definition) is 3. The lowest BCUT2D eigenvalue weighted by molar-refractivity contribution is 0.0107. The summed E-state index contributed by atoms with van der Waals surface area (Å²) in [6, 6.07) is 10.0. The number of para-hydroxylation sites is 1. The van der Waals surface area contributed by atoms with E-state index in [1.165, 1.54) is 25.2 Å². The van der Waals surface area contributed by atoms with Gasteiger partial charge in [-0.05, 0) is 86.9 Å². The third-order valence-corrected chi connectivity index (χ3v) is 8.73. The van der Waals surface area contributed by atoms with E-state index in [0.29, 0.717) is 41.3 Å². The summed E-state index contributed by atoms with van der Waals surface area (Å²) in [5.74, 6) is -2.20. The molecule has 1 aliphatic carbocycles. The number of rotatable bonds is 4. The Morgan fingerprint density at radius 1 is 1.12 bits per heavy atom. The van der Waals surface area contributed by atoms with E-state index in [2.05, 4.69) is 4.98 Å². The van der Waals surface area contributed by atoms with Crippen LogP contribution in [0.15, 0.2) is 52.1 Å². The molecular weight excluding hydrogens is 542 g/mol. The summed E-state index contributed by atoms with van der Waals surface area (Å²) in [6.07, 6.45) is 1.70. The van der Waals surface area contributed by atoms with Gasteiger partial charge in [0.2, 0.25) is 0 Å². The second kappa shape index (κ2) is 9.49. The molecule has 42 heavy (non-hydrogen) atoms. The molecule has 0 aliphatic heterocycles. The SMILES string of the molecule is Cc1c(-c2c(F)cc(C(N)=O)c3[nH]c4c(c23)CCC(C(C)(C)O)C4)cccc1-n1c(=O)c2cccc(F)c2n(C)c1=O. The van der Waals surface area contributed by atoms with Crippen LogP contribution in [-0.2, 0) is 19.9 Å². The van der Waals surface area contributed by atoms with Gasteiger partial charge in [-0.1, -0.05) is 18.2 Å². The van der Waals surface area contributed by atoms with Crippen LogP contribution < -0.4 is 17.0 Å². The molecule has 216 valence electrons. The Labute approximate surface area is 239 Å². The normalized spacial score (nSPS) is 15.4. The highest BCUT2D eigenvalue weighted by molar-refractivity contribution is 6.11. The van der Waals surface area contributed by atoms with Crippen LogP contribution in [0, 0.1) is 24.5 Å². The van der Waals surface area contributed by atoms with Gasteiger partial charge in [0.05, 0.1) is 33.3 Å². The topological polar surface area (TPSA) is 123 Å². The van der Waals surface area contributed by atoms with Gasteiger partial charge in [-0.2, -0.15) is 0 Å². The molecule has 0 bridgehead atoms. The summed E-state index contributed by atoms with van der Waals surface area (Å²) in [4.78, 5) is 42.7. The van der Waals surface area contributed by atoms with E-state index in [1.54, 1.807) is 39.0 Å². The van der Waals surface area contributed by atoms with Crippen LogP contribution in [0.2, 0.25) is 0 Å². The van der Waals surface area contributed by atoms with Gasteiger partial charge >= 0.3 is 5.69 Å². The lowest BCUT2D eigenvalue weighted by Crippen LogP contribution is -2.38. The van der Waals surface area contributed by atoms with E-state index in [1.807, 2.05) is 0 Å². The van der Waals surface area contributed by atoms with Crippen LogP contribution in [0.3, 0.4) is 0 Å². The minimum absolute atomic E-state index is 0.0101. The molecule has 2 aromatic heterocycles. The van der Waals surface area contributed by atoms with Crippen molar-refractivity contribution in [2.24, 2.45) is 18.7 Å². The highest BCUT2D eigenvalue weighted by Gasteiger charge is 2.34. The van der Waals surface area contributed by atoms with Gasteiger partial charge in [-0.25, -0.2) is 18.1 Å². The number of nitrogens with one attached hydrogen (secondary N) is 1. The summed E-state index contributed by atoms with van der Waals surface area (Å²) in [7, 11) is 1.39. The van der Waals surface area contributed by atoms with Crippen LogP contribution in [0.25, 0.3) is 38.6 Å². The first-order valence-electron chi connectivity index (χ1n) is 13.7. The average Bonchev–Trinajstić information content (AvgIpc) is 3.30. The maximum Gasteiger partial charge on any atom is 0.335 e. The van der Waals surface area contributed by atoms with Crippen molar-refractivity contribution < 1.29 is 18.7 Å². The monoisotopic (exact) mass is 572 g/mol. The summed E-state index contributed by atoms with van der Waals surface area (Å²) >= 11 is 0. The maximum absolute atomic E-state index is 16.1. The molecule has 8 nitrogen and oxygen atoms in total. The highest BCUT2D eigenvalue weighted by atomic mass is 19.1. The van der Waals surface area contributed by atoms with E-state index in [0.717, 1.165) is 26.5 Å². The van der Waals surface area contributed by atoms with Crippen molar-refractivity contribution in [3.63, 3.8) is 0 Å². The lowest BCUT2D eigenvalue weighted by atomic mass is 9.77. The van der Waals surface area contributed by atoms with Crippen molar-refractivity contribution in [2.75, 3.05) is 0 Å². The number of carbonyl (C=O) groups excluding carboxylic acids is 1. The minimum atomic E-state index is -0.928. The number of hydrogen-bond acceptors (Lipinski definition) is 4. The number of aromatic amines is 1. The van der Waals surface area contributed by atoms with Gasteiger partial charge in [-0.3, -0.25) is 14.2 Å². The van der Waals surface area contributed by atoms with Gasteiger partial charge in [0, 0.05) is 23.7 Å². The molecule has 1 amide bonds. The minimum Gasteiger partial charge on any atom is -0.390 e. The van der Waals surface area contributed by atoms with Crippen molar-refractivity contribution in [1.29, 1.82) is 0 Å². The van der Waals surface area contributed by atoms with Crippen molar-refractivity contribution >= 4 is 27.7 Å². The number of carbonyl (C=O) groups is 1. The van der Waals surface area contributed by atoms with E-state index < -0.39 is 34.4 Å². The van der Waals surface area contributed by atoms with Crippen LogP contribution in [-0.4, -0.2) is 30.7 Å². The smallest absolute Gasteiger partial charge is 0.335 e. The largest absolute Gasteiger partial charge is 0.390 e. The molecule has 3 aromatic carbocycles. The fraction of sp³-hybridized carbons (Fsp3) is 0.281. The predicted molar refractivity (Wildman–Crippen MR) is 157 cm³/mol. The van der Waals surface area contributed by atoms with Gasteiger partial charge in [0.25, 0.3) is 11.5 Å². The van der Waals surface area contributed by atoms with Crippen LogP contribution in [0.1, 0.15) is 47.4 Å². The number of H-pyrrole nitrogens is 1. The van der Waals surface area contributed by atoms with Crippen LogP contribution >= 0.6 is 0 Å². The maximum atomic E-state index is 16.1. The number of nitrogens with two attached hydrogens (primary N) is 1. The molecule has 0 saturated carbocycles. The number of primary amides is 1. The Morgan fingerprint density at radius 3 is 2.52 bits per heavy atom. The quantitative estimate of drug-likeness (QED) is 0.295. The molecule has 0 fully saturated rings. The lowest BCUT2D eigenvalue weighted by Gasteiger charge is -2.32. The first kappa shape index (κ1) is 27.6. The molecule has 6 rings (SSSR count).